The number of aromatic nitrogens is 4. The van der Waals surface area contributed by atoms with Gasteiger partial charge in [-0.2, -0.15) is 10.2 Å². The molecule has 9 heteroatoms. The van der Waals surface area contributed by atoms with Gasteiger partial charge in [0.1, 0.15) is 0 Å². The average molecular weight is 425 g/mol. The van der Waals surface area contributed by atoms with Crippen LogP contribution in [0, 0.1) is 0 Å². The Bertz CT molecular complexity index is 1100. The third-order valence-corrected chi connectivity index (χ3v) is 5.54. The molecule has 154 valence electrons. The zero-order valence-corrected chi connectivity index (χ0v) is 17.0. The van der Waals surface area contributed by atoms with Crippen LogP contribution in [0.15, 0.2) is 49.3 Å². The molecule has 1 fully saturated rings. The van der Waals surface area contributed by atoms with E-state index in [1.54, 1.807) is 17.0 Å². The van der Waals surface area contributed by atoms with Crippen molar-refractivity contribution < 1.29 is 9.59 Å². The van der Waals surface area contributed by atoms with Gasteiger partial charge in [0.25, 0.3) is 5.91 Å². The summed E-state index contributed by atoms with van der Waals surface area (Å²) in [5.74, 6) is -0.0612. The third kappa shape index (κ3) is 3.91. The SMILES string of the molecule is C=CC(=O)N1CCCCC(n2c(NC(=O)c3ccnnc3)nc3cccc(Cl)c32)C1. The molecule has 30 heavy (non-hydrogen) atoms. The molecule has 1 aliphatic heterocycles. The number of benzene rings is 1. The van der Waals surface area contributed by atoms with Gasteiger partial charge in [0.15, 0.2) is 0 Å². The third-order valence-electron chi connectivity index (χ3n) is 5.23. The summed E-state index contributed by atoms with van der Waals surface area (Å²) < 4.78 is 1.94. The summed E-state index contributed by atoms with van der Waals surface area (Å²) in [7, 11) is 0. The Labute approximate surface area is 178 Å². The largest absolute Gasteiger partial charge is 0.337 e. The Balaban J connectivity index is 1.77. The van der Waals surface area contributed by atoms with E-state index in [0.717, 1.165) is 24.8 Å². The number of hydrogen-bond donors (Lipinski definition) is 1. The fourth-order valence-electron chi connectivity index (χ4n) is 3.81. The van der Waals surface area contributed by atoms with Crippen molar-refractivity contribution in [2.75, 3.05) is 18.4 Å². The molecule has 1 atom stereocenters. The van der Waals surface area contributed by atoms with Crippen LogP contribution in [-0.4, -0.2) is 49.6 Å². The number of imidazole rings is 1. The number of carbonyl (C=O) groups excluding carboxylic acids is 2. The summed E-state index contributed by atoms with van der Waals surface area (Å²) in [6, 6.07) is 6.96. The number of rotatable bonds is 4. The second-order valence-electron chi connectivity index (χ2n) is 7.14. The van der Waals surface area contributed by atoms with E-state index in [2.05, 4.69) is 27.1 Å². The molecule has 0 radical (unpaired) electrons. The topological polar surface area (TPSA) is 93.0 Å². The Morgan fingerprint density at radius 2 is 2.10 bits per heavy atom. The van der Waals surface area contributed by atoms with Crippen LogP contribution in [0.4, 0.5) is 5.95 Å². The predicted octanol–water partition coefficient (Wildman–Crippen LogP) is 3.47. The first-order valence-corrected chi connectivity index (χ1v) is 10.1. The summed E-state index contributed by atoms with van der Waals surface area (Å²) in [4.78, 5) is 31.4. The summed E-state index contributed by atoms with van der Waals surface area (Å²) in [6.45, 7) is 4.77. The van der Waals surface area contributed by atoms with Crippen LogP contribution >= 0.6 is 11.6 Å². The lowest BCUT2D eigenvalue weighted by molar-refractivity contribution is -0.126. The van der Waals surface area contributed by atoms with Gasteiger partial charge in [0.2, 0.25) is 11.9 Å². The molecule has 0 bridgehead atoms. The maximum absolute atomic E-state index is 12.8. The van der Waals surface area contributed by atoms with E-state index < -0.39 is 0 Å². The molecule has 4 rings (SSSR count). The van der Waals surface area contributed by atoms with Gasteiger partial charge in [-0.05, 0) is 43.5 Å². The fourth-order valence-corrected chi connectivity index (χ4v) is 4.07. The molecule has 1 N–H and O–H groups in total. The zero-order chi connectivity index (χ0) is 21.1. The number of nitrogens with zero attached hydrogens (tertiary/aromatic N) is 5. The van der Waals surface area contributed by atoms with Crippen LogP contribution in [0.25, 0.3) is 11.0 Å². The lowest BCUT2D eigenvalue weighted by Gasteiger charge is -2.26. The first-order chi connectivity index (χ1) is 14.6. The van der Waals surface area contributed by atoms with Gasteiger partial charge in [-0.15, -0.1) is 0 Å². The molecule has 1 saturated heterocycles. The number of halogens is 1. The van der Waals surface area contributed by atoms with Crippen molar-refractivity contribution in [1.82, 2.24) is 24.6 Å². The zero-order valence-electron chi connectivity index (χ0n) is 16.3. The first kappa shape index (κ1) is 20.0. The van der Waals surface area contributed by atoms with Gasteiger partial charge in [-0.3, -0.25) is 14.9 Å². The minimum Gasteiger partial charge on any atom is -0.337 e. The molecule has 0 aliphatic carbocycles. The highest BCUT2D eigenvalue weighted by Crippen LogP contribution is 2.34. The number of amides is 2. The Morgan fingerprint density at radius 3 is 2.87 bits per heavy atom. The van der Waals surface area contributed by atoms with E-state index in [9.17, 15) is 9.59 Å². The van der Waals surface area contributed by atoms with Gasteiger partial charge in [-0.1, -0.05) is 24.2 Å². The minimum atomic E-state index is -0.342. The van der Waals surface area contributed by atoms with Crippen LogP contribution < -0.4 is 5.32 Å². The van der Waals surface area contributed by atoms with Crippen molar-refractivity contribution in [3.05, 3.63) is 59.9 Å². The van der Waals surface area contributed by atoms with E-state index in [0.29, 0.717) is 35.1 Å². The number of fused-ring (bicyclic) bond motifs is 1. The van der Waals surface area contributed by atoms with Crippen LogP contribution in [0.3, 0.4) is 0 Å². The van der Waals surface area contributed by atoms with Crippen molar-refractivity contribution in [2.45, 2.75) is 25.3 Å². The van der Waals surface area contributed by atoms with Gasteiger partial charge >= 0.3 is 0 Å². The summed E-state index contributed by atoms with van der Waals surface area (Å²) in [5, 5.41) is 10.9. The van der Waals surface area contributed by atoms with Gasteiger partial charge in [0, 0.05) is 13.1 Å². The van der Waals surface area contributed by atoms with Crippen LogP contribution in [0.1, 0.15) is 35.7 Å². The number of nitrogens with one attached hydrogen (secondary N) is 1. The lowest BCUT2D eigenvalue weighted by Crippen LogP contribution is -2.34. The smallest absolute Gasteiger partial charge is 0.259 e. The van der Waals surface area contributed by atoms with E-state index in [-0.39, 0.29) is 17.9 Å². The number of anilines is 1. The van der Waals surface area contributed by atoms with Gasteiger partial charge in [-0.25, -0.2) is 4.98 Å². The number of likely N-dealkylation sites (tertiary alicyclic amines) is 1. The standard InChI is InChI=1S/C21H21ClN6O2/c1-2-18(29)27-11-4-3-6-15(13-27)28-19-16(22)7-5-8-17(19)25-21(28)26-20(30)14-9-10-23-24-12-14/h2,5,7-10,12,15H,1,3-4,6,11,13H2,(H,25,26,30). The number of hydrogen-bond acceptors (Lipinski definition) is 5. The highest BCUT2D eigenvalue weighted by atomic mass is 35.5. The Kier molecular flexibility index (Phi) is 5.76. The fraction of sp³-hybridized carbons (Fsp3) is 0.286. The maximum Gasteiger partial charge on any atom is 0.259 e. The maximum atomic E-state index is 12.8. The molecule has 3 heterocycles. The summed E-state index contributed by atoms with van der Waals surface area (Å²) in [6.07, 6.45) is 6.86. The van der Waals surface area contributed by atoms with E-state index >= 15 is 0 Å². The molecule has 2 aromatic heterocycles. The highest BCUT2D eigenvalue weighted by molar-refractivity contribution is 6.35. The molecule has 0 saturated carbocycles. The summed E-state index contributed by atoms with van der Waals surface area (Å²) >= 11 is 6.53. The van der Waals surface area contributed by atoms with Crippen LogP contribution in [0.5, 0.6) is 0 Å². The molecule has 3 aromatic rings. The lowest BCUT2D eigenvalue weighted by atomic mass is 10.1. The molecule has 2 amide bonds. The molecule has 8 nitrogen and oxygen atoms in total. The second-order valence-corrected chi connectivity index (χ2v) is 7.54. The molecule has 1 unspecified atom stereocenters. The van der Waals surface area contributed by atoms with Crippen molar-refractivity contribution in [1.29, 1.82) is 0 Å². The van der Waals surface area contributed by atoms with Gasteiger partial charge in [0.05, 0.1) is 40.1 Å². The molecular formula is C21H21ClN6O2. The molecule has 1 aromatic carbocycles. The van der Waals surface area contributed by atoms with E-state index in [1.807, 2.05) is 16.7 Å². The van der Waals surface area contributed by atoms with E-state index in [1.165, 1.54) is 18.5 Å². The minimum absolute atomic E-state index is 0.0906. The normalized spacial score (nSPS) is 16.8. The Hall–Kier alpha value is -3.26. The monoisotopic (exact) mass is 424 g/mol. The predicted molar refractivity (Wildman–Crippen MR) is 114 cm³/mol. The Morgan fingerprint density at radius 1 is 1.23 bits per heavy atom. The highest BCUT2D eigenvalue weighted by Gasteiger charge is 2.27. The van der Waals surface area contributed by atoms with Crippen molar-refractivity contribution in [3.8, 4) is 0 Å². The van der Waals surface area contributed by atoms with Gasteiger partial charge < -0.3 is 9.47 Å². The second kappa shape index (κ2) is 8.62. The number of carbonyl (C=O) groups is 2. The number of para-hydroxylation sites is 1. The molecular weight excluding hydrogens is 404 g/mol. The summed E-state index contributed by atoms with van der Waals surface area (Å²) in [5.41, 5.74) is 1.79. The van der Waals surface area contributed by atoms with Crippen molar-refractivity contribution in [3.63, 3.8) is 0 Å². The first-order valence-electron chi connectivity index (χ1n) is 9.74. The average Bonchev–Trinajstić information content (AvgIpc) is 2.96. The van der Waals surface area contributed by atoms with Crippen molar-refractivity contribution >= 4 is 40.4 Å². The van der Waals surface area contributed by atoms with Crippen LogP contribution in [0.2, 0.25) is 5.02 Å². The van der Waals surface area contributed by atoms with Crippen LogP contribution in [-0.2, 0) is 4.79 Å². The molecule has 1 aliphatic rings. The molecule has 0 spiro atoms. The van der Waals surface area contributed by atoms with E-state index in [4.69, 9.17) is 11.6 Å². The quantitative estimate of drug-likeness (QED) is 0.647. The van der Waals surface area contributed by atoms with Crippen molar-refractivity contribution in [2.24, 2.45) is 0 Å².